The van der Waals surface area contributed by atoms with Gasteiger partial charge in [0, 0.05) is 23.0 Å². The lowest BCUT2D eigenvalue weighted by Crippen LogP contribution is -2.31. The van der Waals surface area contributed by atoms with Gasteiger partial charge in [-0.15, -0.1) is 0 Å². The number of piperidine rings is 1. The number of para-hydroxylation sites is 1. The van der Waals surface area contributed by atoms with Gasteiger partial charge in [-0.05, 0) is 61.7 Å². The van der Waals surface area contributed by atoms with Gasteiger partial charge in [0.25, 0.3) is 0 Å². The van der Waals surface area contributed by atoms with E-state index in [9.17, 15) is 5.11 Å². The Labute approximate surface area is 216 Å². The second kappa shape index (κ2) is 10.4. The Morgan fingerprint density at radius 1 is 0.919 bits per heavy atom. The second-order valence-corrected chi connectivity index (χ2v) is 9.72. The van der Waals surface area contributed by atoms with E-state index in [4.69, 9.17) is 4.99 Å². The first-order chi connectivity index (χ1) is 18.2. The van der Waals surface area contributed by atoms with E-state index in [2.05, 4.69) is 44.1 Å². The number of imidazole rings is 1. The molecular formula is C31H31N5O. The standard InChI is InChI=1S/C31H31N5O/c37-31-29(26-6-2-3-7-27(26)35-31)30(34-25-14-12-23(13-15-25)28-20-32-21-33-28)24-10-8-22(9-11-24)16-19-36-17-4-1-5-18-36/h2-3,6-15,20-21,35,37H,1,4-5,16-19H2,(H,32,33). The van der Waals surface area contributed by atoms with E-state index in [1.54, 1.807) is 12.5 Å². The molecule has 0 aliphatic carbocycles. The van der Waals surface area contributed by atoms with Crippen LogP contribution in [-0.4, -0.2) is 50.3 Å². The fourth-order valence-electron chi connectivity index (χ4n) is 5.19. The summed E-state index contributed by atoms with van der Waals surface area (Å²) in [4.78, 5) is 18.0. The van der Waals surface area contributed by atoms with E-state index in [1.165, 1.54) is 37.9 Å². The number of aromatic nitrogens is 3. The maximum absolute atomic E-state index is 10.9. The highest BCUT2D eigenvalue weighted by atomic mass is 16.3. The third-order valence-corrected chi connectivity index (χ3v) is 7.23. The minimum absolute atomic E-state index is 0.128. The van der Waals surface area contributed by atoms with Crippen molar-refractivity contribution in [1.29, 1.82) is 0 Å². The van der Waals surface area contributed by atoms with Crippen molar-refractivity contribution in [3.05, 3.63) is 102 Å². The predicted octanol–water partition coefficient (Wildman–Crippen LogP) is 6.46. The largest absolute Gasteiger partial charge is 0.494 e. The quantitative estimate of drug-likeness (QED) is 0.230. The van der Waals surface area contributed by atoms with E-state index >= 15 is 0 Å². The average molecular weight is 490 g/mol. The van der Waals surface area contributed by atoms with E-state index < -0.39 is 0 Å². The Hall–Kier alpha value is -4.16. The van der Waals surface area contributed by atoms with Crippen molar-refractivity contribution in [2.75, 3.05) is 19.6 Å². The van der Waals surface area contributed by atoms with Crippen molar-refractivity contribution in [2.24, 2.45) is 4.99 Å². The number of nitrogens with zero attached hydrogens (tertiary/aromatic N) is 3. The van der Waals surface area contributed by atoms with Gasteiger partial charge in [0.1, 0.15) is 0 Å². The van der Waals surface area contributed by atoms with Crippen LogP contribution in [0.15, 0.2) is 90.3 Å². The lowest BCUT2D eigenvalue weighted by molar-refractivity contribution is 0.231. The number of nitrogens with one attached hydrogen (secondary N) is 2. The van der Waals surface area contributed by atoms with Crippen LogP contribution in [-0.2, 0) is 6.42 Å². The molecule has 186 valence electrons. The molecule has 37 heavy (non-hydrogen) atoms. The highest BCUT2D eigenvalue weighted by Crippen LogP contribution is 2.32. The van der Waals surface area contributed by atoms with Crippen LogP contribution in [0.4, 0.5) is 5.69 Å². The molecule has 0 saturated carbocycles. The number of hydrogen-bond acceptors (Lipinski definition) is 4. The molecular weight excluding hydrogens is 458 g/mol. The van der Waals surface area contributed by atoms with E-state index in [0.29, 0.717) is 5.56 Å². The monoisotopic (exact) mass is 489 g/mol. The number of likely N-dealkylation sites (tertiary alicyclic amines) is 1. The van der Waals surface area contributed by atoms with Gasteiger partial charge >= 0.3 is 0 Å². The van der Waals surface area contributed by atoms with Crippen LogP contribution >= 0.6 is 0 Å². The zero-order chi connectivity index (χ0) is 25.0. The zero-order valence-corrected chi connectivity index (χ0v) is 20.8. The first-order valence-electron chi connectivity index (χ1n) is 13.0. The van der Waals surface area contributed by atoms with Crippen LogP contribution < -0.4 is 0 Å². The summed E-state index contributed by atoms with van der Waals surface area (Å²) in [5, 5.41) is 11.9. The molecule has 6 heteroatoms. The number of fused-ring (bicyclic) bond motifs is 1. The maximum Gasteiger partial charge on any atom is 0.199 e. The number of aromatic amines is 2. The number of benzene rings is 3. The molecule has 1 saturated heterocycles. The maximum atomic E-state index is 10.9. The summed E-state index contributed by atoms with van der Waals surface area (Å²) >= 11 is 0. The van der Waals surface area contributed by atoms with Gasteiger partial charge in [-0.2, -0.15) is 0 Å². The Balaban J connectivity index is 1.34. The van der Waals surface area contributed by atoms with Crippen molar-refractivity contribution < 1.29 is 5.11 Å². The molecule has 2 aromatic heterocycles. The van der Waals surface area contributed by atoms with E-state index in [-0.39, 0.29) is 5.88 Å². The van der Waals surface area contributed by atoms with Gasteiger partial charge in [-0.3, -0.25) is 0 Å². The number of H-pyrrole nitrogens is 2. The van der Waals surface area contributed by atoms with Crippen LogP contribution in [0.1, 0.15) is 36.0 Å². The Morgan fingerprint density at radius 3 is 2.46 bits per heavy atom. The molecule has 0 bridgehead atoms. The topological polar surface area (TPSA) is 80.3 Å². The fraction of sp³-hybridized carbons (Fsp3) is 0.226. The first-order valence-corrected chi connectivity index (χ1v) is 13.0. The molecule has 0 unspecified atom stereocenters. The molecule has 3 N–H and O–H groups in total. The lowest BCUT2D eigenvalue weighted by Gasteiger charge is -2.26. The molecule has 0 atom stereocenters. The van der Waals surface area contributed by atoms with Crippen molar-refractivity contribution in [3.8, 4) is 17.1 Å². The molecule has 0 spiro atoms. The molecule has 5 aromatic rings. The molecule has 0 radical (unpaired) electrons. The molecule has 1 aliphatic rings. The summed E-state index contributed by atoms with van der Waals surface area (Å²) in [5.41, 5.74) is 7.46. The number of aliphatic imine (C=N–C) groups is 1. The first kappa shape index (κ1) is 23.3. The lowest BCUT2D eigenvalue weighted by atomic mass is 9.98. The summed E-state index contributed by atoms with van der Waals surface area (Å²) in [6.07, 6.45) is 8.52. The highest BCUT2D eigenvalue weighted by Gasteiger charge is 2.19. The third kappa shape index (κ3) is 5.06. The SMILES string of the molecule is Oc1[nH]c2ccccc2c1C(=Nc1ccc(-c2cnc[nH]2)cc1)c1ccc(CCN2CCCCC2)cc1. The smallest absolute Gasteiger partial charge is 0.199 e. The van der Waals surface area contributed by atoms with Crippen LogP contribution in [0.5, 0.6) is 5.88 Å². The summed E-state index contributed by atoms with van der Waals surface area (Å²) in [7, 11) is 0. The van der Waals surface area contributed by atoms with Crippen LogP contribution in [0.2, 0.25) is 0 Å². The minimum Gasteiger partial charge on any atom is -0.494 e. The van der Waals surface area contributed by atoms with Crippen LogP contribution in [0.3, 0.4) is 0 Å². The number of hydrogen-bond donors (Lipinski definition) is 3. The second-order valence-electron chi connectivity index (χ2n) is 9.72. The molecule has 0 amide bonds. The normalized spacial score (nSPS) is 14.9. The molecule has 3 aromatic carbocycles. The molecule has 3 heterocycles. The van der Waals surface area contributed by atoms with Gasteiger partial charge in [0.15, 0.2) is 5.88 Å². The summed E-state index contributed by atoms with van der Waals surface area (Å²) in [6.45, 7) is 3.54. The van der Waals surface area contributed by atoms with Crippen LogP contribution in [0, 0.1) is 0 Å². The highest BCUT2D eigenvalue weighted by molar-refractivity contribution is 6.21. The van der Waals surface area contributed by atoms with Crippen molar-refractivity contribution in [1.82, 2.24) is 19.9 Å². The van der Waals surface area contributed by atoms with E-state index in [0.717, 1.165) is 52.1 Å². The Bertz CT molecular complexity index is 1490. The summed E-state index contributed by atoms with van der Waals surface area (Å²) < 4.78 is 0. The number of rotatable bonds is 7. The summed E-state index contributed by atoms with van der Waals surface area (Å²) in [5.74, 6) is 0.128. The predicted molar refractivity (Wildman–Crippen MR) is 150 cm³/mol. The average Bonchev–Trinajstić information content (AvgIpc) is 3.60. The molecule has 6 rings (SSSR count). The van der Waals surface area contributed by atoms with Crippen molar-refractivity contribution >= 4 is 22.3 Å². The van der Waals surface area contributed by atoms with Gasteiger partial charge < -0.3 is 20.0 Å². The van der Waals surface area contributed by atoms with Crippen molar-refractivity contribution in [2.45, 2.75) is 25.7 Å². The molecule has 6 nitrogen and oxygen atoms in total. The zero-order valence-electron chi connectivity index (χ0n) is 20.8. The molecule has 1 fully saturated rings. The van der Waals surface area contributed by atoms with Gasteiger partial charge in [0.2, 0.25) is 0 Å². The van der Waals surface area contributed by atoms with Crippen molar-refractivity contribution in [3.63, 3.8) is 0 Å². The summed E-state index contributed by atoms with van der Waals surface area (Å²) in [6, 6.07) is 24.6. The van der Waals surface area contributed by atoms with Crippen LogP contribution in [0.25, 0.3) is 22.2 Å². The van der Waals surface area contributed by atoms with E-state index in [1.807, 2.05) is 48.5 Å². The fourth-order valence-corrected chi connectivity index (χ4v) is 5.19. The minimum atomic E-state index is 0.128. The Morgan fingerprint density at radius 2 is 1.70 bits per heavy atom. The van der Waals surface area contributed by atoms with Gasteiger partial charge in [-0.25, -0.2) is 9.98 Å². The molecule has 1 aliphatic heterocycles. The number of aromatic hydroxyl groups is 1. The van der Waals surface area contributed by atoms with Gasteiger partial charge in [-0.1, -0.05) is 61.0 Å². The third-order valence-electron chi connectivity index (χ3n) is 7.23. The van der Waals surface area contributed by atoms with Gasteiger partial charge in [0.05, 0.1) is 35.2 Å². The Kier molecular flexibility index (Phi) is 6.57.